The molecule has 0 aliphatic carbocycles. The van der Waals surface area contributed by atoms with Gasteiger partial charge in [-0.15, -0.1) is 0 Å². The lowest BCUT2D eigenvalue weighted by molar-refractivity contribution is -0.387. The third-order valence-corrected chi connectivity index (χ3v) is 3.71. The second-order valence-corrected chi connectivity index (χ2v) is 5.15. The van der Waals surface area contributed by atoms with E-state index in [1.165, 1.54) is 11.6 Å². The monoisotopic (exact) mass is 326 g/mol. The SMILES string of the molecule is CCc1cccc2c(C=Cc3nc(O)c([N+](=O)[O-])c(=O)[nH]3)c[nH]c12. The van der Waals surface area contributed by atoms with Gasteiger partial charge in [-0.2, -0.15) is 4.98 Å². The number of H-pyrrole nitrogens is 2. The molecule has 2 heterocycles. The number of rotatable bonds is 4. The Labute approximate surface area is 135 Å². The number of hydrogen-bond acceptors (Lipinski definition) is 5. The average molecular weight is 326 g/mol. The summed E-state index contributed by atoms with van der Waals surface area (Å²) in [6, 6.07) is 5.97. The van der Waals surface area contributed by atoms with Gasteiger partial charge in [0.05, 0.1) is 4.92 Å². The van der Waals surface area contributed by atoms with Crippen molar-refractivity contribution in [3.05, 3.63) is 61.8 Å². The summed E-state index contributed by atoms with van der Waals surface area (Å²) in [5.74, 6) is -0.875. The van der Waals surface area contributed by atoms with Crippen LogP contribution in [-0.2, 0) is 6.42 Å². The number of nitro groups is 1. The van der Waals surface area contributed by atoms with Gasteiger partial charge in [0.15, 0.2) is 0 Å². The maximum absolute atomic E-state index is 11.6. The lowest BCUT2D eigenvalue weighted by atomic mass is 10.1. The Hall–Kier alpha value is -3.42. The van der Waals surface area contributed by atoms with Crippen molar-refractivity contribution in [1.82, 2.24) is 15.0 Å². The summed E-state index contributed by atoms with van der Waals surface area (Å²) >= 11 is 0. The van der Waals surface area contributed by atoms with Crippen LogP contribution in [-0.4, -0.2) is 25.0 Å². The van der Waals surface area contributed by atoms with Crippen molar-refractivity contribution in [2.45, 2.75) is 13.3 Å². The standard InChI is InChI=1S/C16H14N4O4/c1-2-9-4-3-5-11-10(8-17-13(9)11)6-7-12-18-15(21)14(20(23)24)16(22)19-12/h3-8,17H,2H2,1H3,(H2,18,19,21,22). The predicted molar refractivity (Wildman–Crippen MR) is 89.8 cm³/mol. The molecule has 3 N–H and O–H groups in total. The number of aromatic amines is 2. The normalized spacial score (nSPS) is 11.4. The van der Waals surface area contributed by atoms with E-state index in [4.69, 9.17) is 0 Å². The molecule has 0 atom stereocenters. The van der Waals surface area contributed by atoms with Crippen molar-refractivity contribution in [2.24, 2.45) is 0 Å². The van der Waals surface area contributed by atoms with E-state index in [-0.39, 0.29) is 5.82 Å². The first-order valence-corrected chi connectivity index (χ1v) is 7.26. The van der Waals surface area contributed by atoms with Gasteiger partial charge >= 0.3 is 11.2 Å². The van der Waals surface area contributed by atoms with Crippen LogP contribution in [0.5, 0.6) is 5.88 Å². The Kier molecular flexibility index (Phi) is 3.87. The molecule has 3 aromatic rings. The number of fused-ring (bicyclic) bond motifs is 1. The average Bonchev–Trinajstić information content (AvgIpc) is 2.95. The first-order valence-electron chi connectivity index (χ1n) is 7.26. The van der Waals surface area contributed by atoms with Crippen LogP contribution in [0.1, 0.15) is 23.9 Å². The van der Waals surface area contributed by atoms with Gasteiger partial charge in [-0.3, -0.25) is 14.9 Å². The molecule has 0 amide bonds. The molecule has 2 aromatic heterocycles. The fourth-order valence-corrected chi connectivity index (χ4v) is 2.56. The molecule has 8 heteroatoms. The van der Waals surface area contributed by atoms with Gasteiger partial charge in [-0.05, 0) is 29.7 Å². The maximum atomic E-state index is 11.6. The molecule has 0 bridgehead atoms. The molecule has 1 aromatic carbocycles. The first kappa shape index (κ1) is 15.5. The second kappa shape index (κ2) is 5.99. The molecule has 0 saturated carbocycles. The van der Waals surface area contributed by atoms with E-state index in [2.05, 4.69) is 21.9 Å². The Morgan fingerprint density at radius 1 is 1.38 bits per heavy atom. The van der Waals surface area contributed by atoms with Crippen LogP contribution in [0.25, 0.3) is 23.1 Å². The van der Waals surface area contributed by atoms with Gasteiger partial charge in [0, 0.05) is 17.1 Å². The van der Waals surface area contributed by atoms with E-state index in [0.29, 0.717) is 0 Å². The summed E-state index contributed by atoms with van der Waals surface area (Å²) < 4.78 is 0. The third kappa shape index (κ3) is 2.65. The van der Waals surface area contributed by atoms with E-state index in [1.807, 2.05) is 24.4 Å². The van der Waals surface area contributed by atoms with E-state index in [1.54, 1.807) is 6.08 Å². The van der Waals surface area contributed by atoms with Crippen molar-refractivity contribution in [3.8, 4) is 5.88 Å². The van der Waals surface area contributed by atoms with Crippen LogP contribution in [0.4, 0.5) is 5.69 Å². The van der Waals surface area contributed by atoms with Gasteiger partial charge in [0.2, 0.25) is 0 Å². The number of aromatic nitrogens is 3. The highest BCUT2D eigenvalue weighted by atomic mass is 16.6. The van der Waals surface area contributed by atoms with E-state index in [0.717, 1.165) is 22.9 Å². The molecule has 0 saturated heterocycles. The number of aromatic hydroxyl groups is 1. The Bertz CT molecular complexity index is 1020. The highest BCUT2D eigenvalue weighted by Crippen LogP contribution is 2.24. The van der Waals surface area contributed by atoms with Crippen molar-refractivity contribution in [1.29, 1.82) is 0 Å². The fraction of sp³-hybridized carbons (Fsp3) is 0.125. The van der Waals surface area contributed by atoms with Crippen LogP contribution in [0.15, 0.2) is 29.2 Å². The van der Waals surface area contributed by atoms with Crippen LogP contribution < -0.4 is 5.56 Å². The van der Waals surface area contributed by atoms with Crippen molar-refractivity contribution < 1.29 is 10.0 Å². The number of nitrogens with zero attached hydrogens (tertiary/aromatic N) is 2. The molecule has 0 spiro atoms. The minimum atomic E-state index is -1.00. The van der Waals surface area contributed by atoms with Crippen molar-refractivity contribution in [3.63, 3.8) is 0 Å². The zero-order chi connectivity index (χ0) is 17.3. The zero-order valence-electron chi connectivity index (χ0n) is 12.7. The molecule has 0 aliphatic rings. The van der Waals surface area contributed by atoms with Crippen LogP contribution >= 0.6 is 0 Å². The highest BCUT2D eigenvalue weighted by molar-refractivity contribution is 5.93. The zero-order valence-corrected chi connectivity index (χ0v) is 12.7. The molecule has 24 heavy (non-hydrogen) atoms. The van der Waals surface area contributed by atoms with Crippen molar-refractivity contribution in [2.75, 3.05) is 0 Å². The Morgan fingerprint density at radius 2 is 2.17 bits per heavy atom. The summed E-state index contributed by atoms with van der Waals surface area (Å²) in [5, 5.41) is 21.2. The largest absolute Gasteiger partial charge is 0.488 e. The summed E-state index contributed by atoms with van der Waals surface area (Å²) in [7, 11) is 0. The van der Waals surface area contributed by atoms with E-state index < -0.39 is 22.0 Å². The molecular weight excluding hydrogens is 312 g/mol. The molecule has 3 rings (SSSR count). The Morgan fingerprint density at radius 3 is 2.83 bits per heavy atom. The molecule has 0 radical (unpaired) electrons. The predicted octanol–water partition coefficient (Wildman–Crippen LogP) is 2.60. The number of hydrogen-bond donors (Lipinski definition) is 3. The van der Waals surface area contributed by atoms with Gasteiger partial charge in [-0.1, -0.05) is 25.1 Å². The minimum absolute atomic E-state index is 0.0316. The van der Waals surface area contributed by atoms with E-state index in [9.17, 15) is 20.0 Å². The first-order chi connectivity index (χ1) is 11.5. The molecule has 122 valence electrons. The quantitative estimate of drug-likeness (QED) is 0.502. The maximum Gasteiger partial charge on any atom is 0.395 e. The molecule has 0 fully saturated rings. The summed E-state index contributed by atoms with van der Waals surface area (Å²) in [6.45, 7) is 2.07. The number of nitrogens with one attached hydrogen (secondary N) is 2. The number of benzene rings is 1. The lowest BCUT2D eigenvalue weighted by Crippen LogP contribution is -2.14. The smallest absolute Gasteiger partial charge is 0.395 e. The van der Waals surface area contributed by atoms with Crippen LogP contribution in [0, 0.1) is 10.1 Å². The van der Waals surface area contributed by atoms with Gasteiger partial charge in [-0.25, -0.2) is 0 Å². The number of para-hydroxylation sites is 1. The van der Waals surface area contributed by atoms with Gasteiger partial charge < -0.3 is 15.1 Å². The van der Waals surface area contributed by atoms with Gasteiger partial charge in [0.25, 0.3) is 5.88 Å². The van der Waals surface area contributed by atoms with Crippen LogP contribution in [0.2, 0.25) is 0 Å². The minimum Gasteiger partial charge on any atom is -0.488 e. The molecular formula is C16H14N4O4. The third-order valence-electron chi connectivity index (χ3n) is 3.71. The summed E-state index contributed by atoms with van der Waals surface area (Å²) in [6.07, 6.45) is 5.91. The molecule has 8 nitrogen and oxygen atoms in total. The second-order valence-electron chi connectivity index (χ2n) is 5.15. The Balaban J connectivity index is 2.00. The van der Waals surface area contributed by atoms with E-state index >= 15 is 0 Å². The highest BCUT2D eigenvalue weighted by Gasteiger charge is 2.21. The van der Waals surface area contributed by atoms with Crippen LogP contribution in [0.3, 0.4) is 0 Å². The fourth-order valence-electron chi connectivity index (χ4n) is 2.56. The topological polar surface area (TPSA) is 125 Å². The molecule has 0 unspecified atom stereocenters. The lowest BCUT2D eigenvalue weighted by Gasteiger charge is -1.99. The summed E-state index contributed by atoms with van der Waals surface area (Å²) in [5.41, 5.74) is 1.13. The van der Waals surface area contributed by atoms with Gasteiger partial charge in [0.1, 0.15) is 5.82 Å². The molecule has 0 aliphatic heterocycles. The summed E-state index contributed by atoms with van der Waals surface area (Å²) in [4.78, 5) is 30.4. The van der Waals surface area contributed by atoms with Crippen molar-refractivity contribution >= 4 is 28.7 Å². The number of aryl methyl sites for hydroxylation is 1.